The largest absolute Gasteiger partial charge is 0.480 e. The molecule has 2 amide bonds. The molecule has 0 fully saturated rings. The Bertz CT molecular complexity index is 848. The molecule has 23 heavy (non-hydrogen) atoms. The molecule has 1 heterocycles. The Balaban J connectivity index is 2.21. The molecule has 1 aliphatic heterocycles. The van der Waals surface area contributed by atoms with Gasteiger partial charge in [-0.2, -0.15) is 0 Å². The van der Waals surface area contributed by atoms with Crippen molar-refractivity contribution in [3.05, 3.63) is 47.5 Å². The number of rotatable bonds is 2. The molecule has 0 aliphatic carbocycles. The lowest BCUT2D eigenvalue weighted by atomic mass is 9.85. The van der Waals surface area contributed by atoms with Crippen molar-refractivity contribution in [2.45, 2.75) is 26.8 Å². The van der Waals surface area contributed by atoms with E-state index in [1.807, 2.05) is 12.1 Å². The third kappa shape index (κ3) is 2.20. The van der Waals surface area contributed by atoms with Gasteiger partial charge in [-0.25, -0.2) is 4.79 Å². The van der Waals surface area contributed by atoms with Gasteiger partial charge < -0.3 is 5.11 Å². The van der Waals surface area contributed by atoms with Gasteiger partial charge in [0.15, 0.2) is 0 Å². The lowest BCUT2D eigenvalue weighted by Gasteiger charge is -2.33. The van der Waals surface area contributed by atoms with Crippen LogP contribution in [-0.4, -0.2) is 33.8 Å². The highest BCUT2D eigenvalue weighted by molar-refractivity contribution is 6.27. The van der Waals surface area contributed by atoms with E-state index in [1.165, 1.54) is 0 Å². The summed E-state index contributed by atoms with van der Waals surface area (Å²) in [7, 11) is 0. The van der Waals surface area contributed by atoms with Crippen molar-refractivity contribution in [1.82, 2.24) is 4.90 Å². The third-order valence-corrected chi connectivity index (χ3v) is 4.12. The molecule has 2 aromatic rings. The normalized spacial score (nSPS) is 15.9. The van der Waals surface area contributed by atoms with Crippen LogP contribution in [0.15, 0.2) is 36.4 Å². The van der Waals surface area contributed by atoms with E-state index in [4.69, 9.17) is 0 Å². The first kappa shape index (κ1) is 15.2. The third-order valence-electron chi connectivity index (χ3n) is 4.12. The van der Waals surface area contributed by atoms with Crippen molar-refractivity contribution in [2.75, 3.05) is 0 Å². The van der Waals surface area contributed by atoms with Crippen molar-refractivity contribution in [1.29, 1.82) is 0 Å². The first-order valence-corrected chi connectivity index (χ1v) is 7.36. The number of fused-ring (bicyclic) bond motifs is 3. The molecule has 118 valence electrons. The van der Waals surface area contributed by atoms with Crippen LogP contribution in [0.1, 0.15) is 41.5 Å². The number of carboxylic acids is 1. The van der Waals surface area contributed by atoms with Gasteiger partial charge in [0.2, 0.25) is 0 Å². The maximum absolute atomic E-state index is 12.9. The van der Waals surface area contributed by atoms with Crippen LogP contribution in [-0.2, 0) is 4.79 Å². The van der Waals surface area contributed by atoms with Crippen LogP contribution >= 0.6 is 0 Å². The number of aliphatic carboxylic acids is 1. The molecule has 2 aromatic carbocycles. The molecule has 5 heteroatoms. The summed E-state index contributed by atoms with van der Waals surface area (Å²) in [5.41, 5.74) is -0.206. The van der Waals surface area contributed by atoms with Crippen LogP contribution < -0.4 is 0 Å². The zero-order valence-electron chi connectivity index (χ0n) is 13.2. The van der Waals surface area contributed by atoms with E-state index in [1.54, 1.807) is 45.0 Å². The van der Waals surface area contributed by atoms with Gasteiger partial charge in [-0.15, -0.1) is 0 Å². The Labute approximate surface area is 133 Å². The molecule has 0 unspecified atom stereocenters. The molecule has 1 aliphatic rings. The second-order valence-corrected chi connectivity index (χ2v) is 6.80. The Morgan fingerprint density at radius 3 is 2.30 bits per heavy atom. The molecule has 0 saturated heterocycles. The number of hydrogen-bond acceptors (Lipinski definition) is 3. The summed E-state index contributed by atoms with van der Waals surface area (Å²) >= 11 is 0. The molecule has 0 saturated carbocycles. The zero-order valence-corrected chi connectivity index (χ0v) is 13.2. The number of carboxylic acid groups (broad SMARTS) is 1. The summed E-state index contributed by atoms with van der Waals surface area (Å²) in [5, 5.41) is 11.1. The number of carbonyl (C=O) groups is 3. The monoisotopic (exact) mass is 311 g/mol. The maximum Gasteiger partial charge on any atom is 0.327 e. The lowest BCUT2D eigenvalue weighted by molar-refractivity contribution is -0.145. The van der Waals surface area contributed by atoms with Crippen LogP contribution in [0, 0.1) is 5.41 Å². The molecule has 0 aromatic heterocycles. The Hall–Kier alpha value is -2.69. The first-order chi connectivity index (χ1) is 10.7. The minimum atomic E-state index is -1.21. The van der Waals surface area contributed by atoms with Crippen LogP contribution in [0.4, 0.5) is 0 Å². The van der Waals surface area contributed by atoms with Gasteiger partial charge in [0.05, 0.1) is 11.1 Å². The average molecular weight is 311 g/mol. The number of carbonyl (C=O) groups excluding carboxylic acids is 2. The van der Waals surface area contributed by atoms with Gasteiger partial charge in [-0.3, -0.25) is 14.5 Å². The van der Waals surface area contributed by atoms with E-state index in [0.717, 1.165) is 10.3 Å². The number of benzene rings is 2. The fourth-order valence-corrected chi connectivity index (χ4v) is 3.13. The molecule has 3 rings (SSSR count). The predicted molar refractivity (Wildman–Crippen MR) is 85.3 cm³/mol. The summed E-state index contributed by atoms with van der Waals surface area (Å²) in [6.45, 7) is 5.11. The molecule has 5 nitrogen and oxygen atoms in total. The number of hydrogen-bond donors (Lipinski definition) is 1. The maximum atomic E-state index is 12.9. The van der Waals surface area contributed by atoms with E-state index >= 15 is 0 Å². The summed E-state index contributed by atoms with van der Waals surface area (Å²) in [4.78, 5) is 38.1. The van der Waals surface area contributed by atoms with Crippen molar-refractivity contribution in [3.8, 4) is 0 Å². The fourth-order valence-electron chi connectivity index (χ4n) is 3.13. The zero-order chi connectivity index (χ0) is 16.9. The highest BCUT2D eigenvalue weighted by Crippen LogP contribution is 2.35. The van der Waals surface area contributed by atoms with E-state index in [9.17, 15) is 19.5 Å². The van der Waals surface area contributed by atoms with Gasteiger partial charge in [-0.1, -0.05) is 51.1 Å². The van der Waals surface area contributed by atoms with Crippen LogP contribution in [0.5, 0.6) is 0 Å². The second-order valence-electron chi connectivity index (χ2n) is 6.80. The summed E-state index contributed by atoms with van der Waals surface area (Å²) < 4.78 is 0. The van der Waals surface area contributed by atoms with Gasteiger partial charge in [-0.05, 0) is 22.3 Å². The van der Waals surface area contributed by atoms with Gasteiger partial charge in [0.1, 0.15) is 6.04 Å². The summed E-state index contributed by atoms with van der Waals surface area (Å²) in [5.74, 6) is -2.27. The fraction of sp³-hybridized carbons (Fsp3) is 0.278. The van der Waals surface area contributed by atoms with E-state index < -0.39 is 29.2 Å². The van der Waals surface area contributed by atoms with Gasteiger partial charge in [0.25, 0.3) is 11.8 Å². The van der Waals surface area contributed by atoms with Crippen molar-refractivity contribution < 1.29 is 19.5 Å². The molecular formula is C18H17NO4. The van der Waals surface area contributed by atoms with Crippen molar-refractivity contribution in [2.24, 2.45) is 5.41 Å². The Morgan fingerprint density at radius 1 is 1.04 bits per heavy atom. The highest BCUT2D eigenvalue weighted by atomic mass is 16.4. The molecule has 1 atom stereocenters. The molecular weight excluding hydrogens is 294 g/mol. The predicted octanol–water partition coefficient (Wildman–Crippen LogP) is 2.94. The highest BCUT2D eigenvalue weighted by Gasteiger charge is 2.48. The quantitative estimate of drug-likeness (QED) is 0.865. The smallest absolute Gasteiger partial charge is 0.327 e. The standard InChI is InChI=1S/C18H17NO4/c1-18(2,3)14(17(22)23)19-15(20)12-9-8-10-6-4-5-7-11(10)13(12)16(19)21/h4-9,14H,1-3H3,(H,22,23)/t14-/m1/s1. The molecule has 1 N–H and O–H groups in total. The molecule has 0 spiro atoms. The molecule has 0 bridgehead atoms. The summed E-state index contributed by atoms with van der Waals surface area (Å²) in [6, 6.07) is 9.43. The minimum Gasteiger partial charge on any atom is -0.480 e. The SMILES string of the molecule is CC(C)(C)[C@@H](C(=O)O)N1C(=O)c2ccc3ccccc3c2C1=O. The van der Waals surface area contributed by atoms with E-state index in [-0.39, 0.29) is 5.56 Å². The van der Waals surface area contributed by atoms with Gasteiger partial charge >= 0.3 is 5.97 Å². The summed E-state index contributed by atoms with van der Waals surface area (Å²) in [6.07, 6.45) is 0. The van der Waals surface area contributed by atoms with Crippen LogP contribution in [0.25, 0.3) is 10.8 Å². The van der Waals surface area contributed by atoms with E-state index in [0.29, 0.717) is 10.9 Å². The second kappa shape index (κ2) is 4.91. The van der Waals surface area contributed by atoms with E-state index in [2.05, 4.69) is 0 Å². The number of nitrogens with zero attached hydrogens (tertiary/aromatic N) is 1. The van der Waals surface area contributed by atoms with Crippen LogP contribution in [0.2, 0.25) is 0 Å². The van der Waals surface area contributed by atoms with Crippen molar-refractivity contribution >= 4 is 28.6 Å². The van der Waals surface area contributed by atoms with Crippen LogP contribution in [0.3, 0.4) is 0 Å². The number of imide groups is 1. The van der Waals surface area contributed by atoms with Gasteiger partial charge in [0, 0.05) is 0 Å². The Kier molecular flexibility index (Phi) is 3.25. The molecule has 0 radical (unpaired) electrons. The van der Waals surface area contributed by atoms with Crippen molar-refractivity contribution in [3.63, 3.8) is 0 Å². The Morgan fingerprint density at radius 2 is 1.70 bits per heavy atom. The minimum absolute atomic E-state index is 0.268. The average Bonchev–Trinajstić information content (AvgIpc) is 2.71. The number of amides is 2. The topological polar surface area (TPSA) is 74.7 Å². The first-order valence-electron chi connectivity index (χ1n) is 7.36. The lowest BCUT2D eigenvalue weighted by Crippen LogP contribution is -2.51.